The Morgan fingerprint density at radius 1 is 1.07 bits per heavy atom. The van der Waals surface area contributed by atoms with E-state index in [0.717, 1.165) is 30.8 Å². The van der Waals surface area contributed by atoms with Gasteiger partial charge in [-0.3, -0.25) is 4.79 Å². The smallest absolute Gasteiger partial charge is 0.277 e. The predicted molar refractivity (Wildman–Crippen MR) is 110 cm³/mol. The first-order valence-corrected chi connectivity index (χ1v) is 10.6. The molecule has 1 heterocycles. The largest absolute Gasteiger partial charge is 0.370 e. The van der Waals surface area contributed by atoms with Crippen LogP contribution >= 0.6 is 0 Å². The first-order valence-electron chi connectivity index (χ1n) is 10.6. The minimum Gasteiger partial charge on any atom is -0.370 e. The fraction of sp³-hybridized carbons (Fsp3) is 0.435. The van der Waals surface area contributed by atoms with E-state index < -0.39 is 0 Å². The van der Waals surface area contributed by atoms with E-state index in [0.29, 0.717) is 26.2 Å². The molecule has 0 aliphatic carbocycles. The number of carbonyl (C=O) groups is 1. The van der Waals surface area contributed by atoms with Crippen LogP contribution in [-0.2, 0) is 16.0 Å². The van der Waals surface area contributed by atoms with E-state index in [2.05, 4.69) is 5.32 Å². The van der Waals surface area contributed by atoms with Gasteiger partial charge in [0.05, 0.1) is 13.2 Å². The molecule has 1 aliphatic rings. The van der Waals surface area contributed by atoms with Crippen molar-refractivity contribution >= 4 is 5.91 Å². The molecule has 0 radical (unpaired) electrons. The second kappa shape index (κ2) is 11.2. The molecule has 0 spiro atoms. The second-order valence-electron chi connectivity index (χ2n) is 7.80. The van der Waals surface area contributed by atoms with Gasteiger partial charge in [0.15, 0.2) is 12.1 Å². The van der Waals surface area contributed by atoms with E-state index in [1.165, 1.54) is 29.2 Å². The maximum atomic E-state index is 13.4. The monoisotopic (exact) mass is 419 g/mol. The Balaban J connectivity index is 1.51. The molecule has 1 saturated heterocycles. The zero-order chi connectivity index (χ0) is 21.3. The number of amides is 1. The lowest BCUT2D eigenvalue weighted by molar-refractivity contribution is -0.952. The predicted octanol–water partition coefficient (Wildman–Crippen LogP) is 0.232. The molecular weight excluding hydrogens is 388 g/mol. The fourth-order valence-corrected chi connectivity index (χ4v) is 3.80. The number of nitrogens with two attached hydrogens (primary N) is 1. The van der Waals surface area contributed by atoms with Crippen LogP contribution in [-0.4, -0.2) is 51.3 Å². The molecule has 5 nitrogen and oxygen atoms in total. The van der Waals surface area contributed by atoms with Crippen LogP contribution in [0.4, 0.5) is 8.78 Å². The van der Waals surface area contributed by atoms with Gasteiger partial charge in [-0.25, -0.2) is 8.78 Å². The quantitative estimate of drug-likeness (QED) is 0.545. The molecule has 162 valence electrons. The lowest BCUT2D eigenvalue weighted by Crippen LogP contribution is -3.17. The SMILES string of the molecule is C[C@@H]([NH2+]C[C@@H](c1ccc(F)cc1)[NH+]1CCOCC1)C(=O)NCCc1ccc(F)cc1. The van der Waals surface area contributed by atoms with Gasteiger partial charge < -0.3 is 20.3 Å². The Hall–Kier alpha value is -2.35. The fourth-order valence-electron chi connectivity index (χ4n) is 3.80. The molecule has 0 saturated carbocycles. The van der Waals surface area contributed by atoms with Gasteiger partial charge in [0.2, 0.25) is 0 Å². The van der Waals surface area contributed by atoms with Gasteiger partial charge in [0, 0.05) is 12.1 Å². The maximum absolute atomic E-state index is 13.4. The van der Waals surface area contributed by atoms with Gasteiger partial charge in [0.25, 0.3) is 5.91 Å². The molecule has 7 heteroatoms. The van der Waals surface area contributed by atoms with Crippen LogP contribution in [0.5, 0.6) is 0 Å². The summed E-state index contributed by atoms with van der Waals surface area (Å²) in [5, 5.41) is 5.00. The zero-order valence-corrected chi connectivity index (χ0v) is 17.4. The highest BCUT2D eigenvalue weighted by atomic mass is 19.1. The average Bonchev–Trinajstić information content (AvgIpc) is 2.77. The van der Waals surface area contributed by atoms with Crippen molar-refractivity contribution in [3.8, 4) is 0 Å². The molecule has 0 bridgehead atoms. The zero-order valence-electron chi connectivity index (χ0n) is 17.4. The van der Waals surface area contributed by atoms with Gasteiger partial charge in [-0.2, -0.15) is 0 Å². The number of morpholine rings is 1. The van der Waals surface area contributed by atoms with Crippen molar-refractivity contribution in [2.45, 2.75) is 25.4 Å². The summed E-state index contributed by atoms with van der Waals surface area (Å²) in [4.78, 5) is 13.9. The lowest BCUT2D eigenvalue weighted by Gasteiger charge is -2.31. The Morgan fingerprint density at radius 2 is 1.67 bits per heavy atom. The first-order chi connectivity index (χ1) is 14.5. The Morgan fingerprint density at radius 3 is 2.30 bits per heavy atom. The van der Waals surface area contributed by atoms with Gasteiger partial charge in [-0.05, 0) is 55.3 Å². The van der Waals surface area contributed by atoms with E-state index in [9.17, 15) is 13.6 Å². The molecule has 0 aromatic heterocycles. The molecule has 2 aromatic carbocycles. The molecule has 1 amide bonds. The van der Waals surface area contributed by atoms with Crippen LogP contribution in [0.25, 0.3) is 0 Å². The van der Waals surface area contributed by atoms with Crippen LogP contribution in [0.15, 0.2) is 48.5 Å². The van der Waals surface area contributed by atoms with E-state index in [-0.39, 0.29) is 29.6 Å². The summed E-state index contributed by atoms with van der Waals surface area (Å²) in [5.41, 5.74) is 2.06. The maximum Gasteiger partial charge on any atom is 0.277 e. The highest BCUT2D eigenvalue weighted by molar-refractivity contribution is 5.79. The third kappa shape index (κ3) is 6.58. The molecule has 2 atom stereocenters. The van der Waals surface area contributed by atoms with Crippen LogP contribution in [0, 0.1) is 11.6 Å². The number of rotatable bonds is 9. The molecule has 4 N–H and O–H groups in total. The van der Waals surface area contributed by atoms with Crippen molar-refractivity contribution in [3.05, 3.63) is 71.3 Å². The molecule has 1 fully saturated rings. The first kappa shape index (κ1) is 22.3. The number of carbonyl (C=O) groups excluding carboxylic acids is 1. The van der Waals surface area contributed by atoms with Crippen LogP contribution in [0.2, 0.25) is 0 Å². The highest BCUT2D eigenvalue weighted by Gasteiger charge is 2.29. The summed E-state index contributed by atoms with van der Waals surface area (Å²) in [5.74, 6) is -0.525. The average molecular weight is 420 g/mol. The van der Waals surface area contributed by atoms with E-state index in [1.807, 2.05) is 24.4 Å². The summed E-state index contributed by atoms with van der Waals surface area (Å²) in [6, 6.07) is 12.9. The van der Waals surface area contributed by atoms with Crippen molar-refractivity contribution < 1.29 is 28.5 Å². The van der Waals surface area contributed by atoms with E-state index >= 15 is 0 Å². The van der Waals surface area contributed by atoms with Crippen LogP contribution in [0.3, 0.4) is 0 Å². The number of nitrogens with one attached hydrogen (secondary N) is 2. The topological polar surface area (TPSA) is 59.4 Å². The number of ether oxygens (including phenoxy) is 1. The van der Waals surface area contributed by atoms with Gasteiger partial charge >= 0.3 is 0 Å². The minimum atomic E-state index is -0.260. The number of halogens is 2. The summed E-state index contributed by atoms with van der Waals surface area (Å²) >= 11 is 0. The van der Waals surface area contributed by atoms with Crippen molar-refractivity contribution in [2.75, 3.05) is 39.4 Å². The molecule has 2 aromatic rings. The summed E-state index contributed by atoms with van der Waals surface area (Å²) < 4.78 is 31.8. The molecule has 0 unspecified atom stereocenters. The van der Waals surface area contributed by atoms with Crippen molar-refractivity contribution in [1.29, 1.82) is 0 Å². The Bertz CT molecular complexity index is 793. The van der Waals surface area contributed by atoms with E-state index in [4.69, 9.17) is 4.74 Å². The van der Waals surface area contributed by atoms with Crippen molar-refractivity contribution in [1.82, 2.24) is 5.32 Å². The summed E-state index contributed by atoms with van der Waals surface area (Å²) in [7, 11) is 0. The molecule has 3 rings (SSSR count). The number of quaternary nitrogens is 2. The van der Waals surface area contributed by atoms with Gasteiger partial charge in [-0.1, -0.05) is 12.1 Å². The molecular formula is C23H31F2N3O2+2. The summed E-state index contributed by atoms with van der Waals surface area (Å²) in [6.07, 6.45) is 0.662. The Kier molecular flexibility index (Phi) is 8.30. The van der Waals surface area contributed by atoms with Crippen molar-refractivity contribution in [2.24, 2.45) is 0 Å². The number of hydrogen-bond donors (Lipinski definition) is 3. The summed E-state index contributed by atoms with van der Waals surface area (Å²) in [6.45, 7) is 6.36. The number of hydrogen-bond acceptors (Lipinski definition) is 2. The second-order valence-corrected chi connectivity index (χ2v) is 7.80. The Labute approximate surface area is 176 Å². The molecule has 30 heavy (non-hydrogen) atoms. The van der Waals surface area contributed by atoms with Crippen LogP contribution < -0.4 is 15.5 Å². The number of benzene rings is 2. The van der Waals surface area contributed by atoms with E-state index in [1.54, 1.807) is 12.1 Å². The minimum absolute atomic E-state index is 0.0213. The van der Waals surface area contributed by atoms with Crippen LogP contribution in [0.1, 0.15) is 24.1 Å². The third-order valence-electron chi connectivity index (χ3n) is 5.67. The third-order valence-corrected chi connectivity index (χ3v) is 5.67. The lowest BCUT2D eigenvalue weighted by atomic mass is 10.0. The normalized spacial score (nSPS) is 16.8. The molecule has 1 aliphatic heterocycles. The highest BCUT2D eigenvalue weighted by Crippen LogP contribution is 2.10. The standard InChI is InChI=1S/C23H29F2N3O2/c1-17(23(29)26-11-10-18-2-6-20(24)7-3-18)27-16-22(28-12-14-30-15-13-28)19-4-8-21(25)9-5-19/h2-9,17,22,27H,10-16H2,1H3,(H,26,29)/p+2/t17-,22+/m1/s1. The van der Waals surface area contributed by atoms with Gasteiger partial charge in [-0.15, -0.1) is 0 Å². The van der Waals surface area contributed by atoms with Gasteiger partial charge in [0.1, 0.15) is 31.3 Å². The van der Waals surface area contributed by atoms with Crippen molar-refractivity contribution in [3.63, 3.8) is 0 Å².